The minimum Gasteiger partial charge on any atom is -0.394 e. The number of carbonyl (C=O) groups is 1. The van der Waals surface area contributed by atoms with Crippen LogP contribution < -0.4 is 5.32 Å². The predicted octanol–water partition coefficient (Wildman–Crippen LogP) is 16.6. The normalized spacial score (nSPS) is 12.9. The van der Waals surface area contributed by atoms with Gasteiger partial charge in [0.2, 0.25) is 5.91 Å². The Balaban J connectivity index is 3.45. The molecule has 0 aromatic rings. The Morgan fingerprint density at radius 3 is 0.929 bits per heavy atom. The summed E-state index contributed by atoms with van der Waals surface area (Å²) in [6, 6.07) is -0.617. The molecule has 0 aliphatic rings. The summed E-state index contributed by atoms with van der Waals surface area (Å²) in [7, 11) is 0. The molecule has 0 heterocycles. The molecule has 1 amide bonds. The summed E-state index contributed by atoms with van der Waals surface area (Å²) in [5.74, 6) is -0.0581. The van der Waals surface area contributed by atoms with Gasteiger partial charge in [0, 0.05) is 6.42 Å². The van der Waals surface area contributed by atoms with Crippen LogP contribution in [0.4, 0.5) is 0 Å². The zero-order valence-corrected chi connectivity index (χ0v) is 38.4. The smallest absolute Gasteiger partial charge is 0.220 e. The number of hydrogen-bond donors (Lipinski definition) is 3. The van der Waals surface area contributed by atoms with Crippen LogP contribution in [0, 0.1) is 0 Å². The molecule has 0 radical (unpaired) electrons. The quantitative estimate of drug-likeness (QED) is 0.0425. The van der Waals surface area contributed by atoms with Gasteiger partial charge in [-0.2, -0.15) is 0 Å². The molecule has 2 unspecified atom stereocenters. The van der Waals surface area contributed by atoms with Gasteiger partial charge in [-0.15, -0.1) is 0 Å². The van der Waals surface area contributed by atoms with Crippen LogP contribution in [0.2, 0.25) is 0 Å². The van der Waals surface area contributed by atoms with E-state index in [1.165, 1.54) is 250 Å². The second-order valence-electron chi connectivity index (χ2n) is 18.0. The maximum Gasteiger partial charge on any atom is 0.220 e. The fourth-order valence-corrected chi connectivity index (χ4v) is 8.30. The van der Waals surface area contributed by atoms with Crippen LogP contribution in [-0.2, 0) is 4.79 Å². The van der Waals surface area contributed by atoms with Crippen molar-refractivity contribution in [2.75, 3.05) is 6.61 Å². The average molecular weight is 790 g/mol. The van der Waals surface area contributed by atoms with Crippen LogP contribution >= 0.6 is 0 Å². The fourth-order valence-electron chi connectivity index (χ4n) is 8.30. The molecular formula is C52H103NO3. The van der Waals surface area contributed by atoms with Crippen molar-refractivity contribution in [1.29, 1.82) is 0 Å². The number of unbranched alkanes of at least 4 members (excludes halogenated alkanes) is 41. The molecule has 56 heavy (non-hydrogen) atoms. The van der Waals surface area contributed by atoms with E-state index in [0.717, 1.165) is 25.7 Å². The summed E-state index contributed by atoms with van der Waals surface area (Å²) in [4.78, 5) is 12.4. The predicted molar refractivity (Wildman–Crippen MR) is 249 cm³/mol. The third-order valence-corrected chi connectivity index (χ3v) is 12.3. The van der Waals surface area contributed by atoms with Crippen molar-refractivity contribution in [2.45, 2.75) is 309 Å². The number of rotatable bonds is 48. The zero-order valence-electron chi connectivity index (χ0n) is 38.4. The van der Waals surface area contributed by atoms with Crippen LogP contribution in [0.3, 0.4) is 0 Å². The molecule has 0 rings (SSSR count). The lowest BCUT2D eigenvalue weighted by atomic mass is 10.0. The second kappa shape index (κ2) is 48.5. The average Bonchev–Trinajstić information content (AvgIpc) is 3.20. The minimum atomic E-state index is -0.834. The first-order chi connectivity index (χ1) is 27.7. The topological polar surface area (TPSA) is 69.6 Å². The van der Waals surface area contributed by atoms with E-state index in [1.54, 1.807) is 6.08 Å². The van der Waals surface area contributed by atoms with Crippen LogP contribution in [0.1, 0.15) is 296 Å². The van der Waals surface area contributed by atoms with Crippen molar-refractivity contribution in [3.05, 3.63) is 12.2 Å². The molecule has 0 spiro atoms. The van der Waals surface area contributed by atoms with Crippen molar-refractivity contribution in [2.24, 2.45) is 0 Å². The SMILES string of the molecule is CCCCCCCCCCCCCCCCCCCCCCCCCCCC/C=C/C(O)C(CO)NC(=O)CCCCCCCCCCCCCCCCCC. The van der Waals surface area contributed by atoms with Crippen molar-refractivity contribution >= 4 is 5.91 Å². The summed E-state index contributed by atoms with van der Waals surface area (Å²) in [5.41, 5.74) is 0. The van der Waals surface area contributed by atoms with Crippen LogP contribution in [0.25, 0.3) is 0 Å². The second-order valence-corrected chi connectivity index (χ2v) is 18.0. The Labute approximate surface area is 352 Å². The molecule has 334 valence electrons. The maximum atomic E-state index is 12.4. The number of aliphatic hydroxyl groups is 2. The fraction of sp³-hybridized carbons (Fsp3) is 0.942. The van der Waals surface area contributed by atoms with Crippen molar-refractivity contribution < 1.29 is 15.0 Å². The van der Waals surface area contributed by atoms with E-state index in [4.69, 9.17) is 0 Å². The number of amides is 1. The standard InChI is InChI=1S/C52H103NO3/c1-3-5-7-9-11-13-15-17-19-21-22-23-24-25-26-27-28-29-30-31-32-33-35-37-39-41-43-45-47-51(55)50(49-54)53-52(56)48-46-44-42-40-38-36-34-20-18-16-14-12-10-8-6-4-2/h45,47,50-51,54-55H,3-44,46,48-49H2,1-2H3,(H,53,56)/b47-45+. The molecule has 0 saturated carbocycles. The van der Waals surface area contributed by atoms with E-state index >= 15 is 0 Å². The molecule has 0 aliphatic carbocycles. The van der Waals surface area contributed by atoms with Crippen LogP contribution in [0.15, 0.2) is 12.2 Å². The van der Waals surface area contributed by atoms with Gasteiger partial charge in [0.1, 0.15) is 0 Å². The third-order valence-electron chi connectivity index (χ3n) is 12.3. The highest BCUT2D eigenvalue weighted by molar-refractivity contribution is 5.76. The summed E-state index contributed by atoms with van der Waals surface area (Å²) < 4.78 is 0. The number of aliphatic hydroxyl groups excluding tert-OH is 2. The van der Waals surface area contributed by atoms with E-state index in [-0.39, 0.29) is 12.5 Å². The number of hydrogen-bond acceptors (Lipinski definition) is 3. The lowest BCUT2D eigenvalue weighted by Gasteiger charge is -2.20. The summed E-state index contributed by atoms with van der Waals surface area (Å²) >= 11 is 0. The van der Waals surface area contributed by atoms with Gasteiger partial charge >= 0.3 is 0 Å². The summed E-state index contributed by atoms with van der Waals surface area (Å²) in [5, 5.41) is 23.1. The lowest BCUT2D eigenvalue weighted by molar-refractivity contribution is -0.123. The molecule has 0 bridgehead atoms. The molecular weight excluding hydrogens is 687 g/mol. The zero-order chi connectivity index (χ0) is 40.7. The molecule has 2 atom stereocenters. The Morgan fingerprint density at radius 2 is 0.661 bits per heavy atom. The van der Waals surface area contributed by atoms with Crippen molar-refractivity contribution in [3.8, 4) is 0 Å². The van der Waals surface area contributed by atoms with Gasteiger partial charge in [-0.05, 0) is 19.3 Å². The van der Waals surface area contributed by atoms with Gasteiger partial charge in [0.05, 0.1) is 18.8 Å². The Hall–Kier alpha value is -0.870. The maximum absolute atomic E-state index is 12.4. The molecule has 0 aromatic carbocycles. The Morgan fingerprint density at radius 1 is 0.411 bits per heavy atom. The number of carbonyl (C=O) groups excluding carboxylic acids is 1. The molecule has 4 nitrogen and oxygen atoms in total. The van der Waals surface area contributed by atoms with E-state index in [2.05, 4.69) is 19.2 Å². The number of nitrogens with one attached hydrogen (secondary N) is 1. The minimum absolute atomic E-state index is 0.0581. The molecule has 0 fully saturated rings. The van der Waals surface area contributed by atoms with E-state index < -0.39 is 12.1 Å². The highest BCUT2D eigenvalue weighted by atomic mass is 16.3. The third kappa shape index (κ3) is 44.2. The lowest BCUT2D eigenvalue weighted by Crippen LogP contribution is -2.45. The van der Waals surface area contributed by atoms with Gasteiger partial charge in [-0.3, -0.25) is 4.79 Å². The van der Waals surface area contributed by atoms with Crippen molar-refractivity contribution in [3.63, 3.8) is 0 Å². The molecule has 4 heteroatoms. The van der Waals surface area contributed by atoms with Gasteiger partial charge in [0.15, 0.2) is 0 Å². The van der Waals surface area contributed by atoms with E-state index in [9.17, 15) is 15.0 Å². The highest BCUT2D eigenvalue weighted by Gasteiger charge is 2.18. The Bertz CT molecular complexity index is 769. The summed E-state index contributed by atoms with van der Waals surface area (Å²) in [6.07, 6.45) is 62.1. The van der Waals surface area contributed by atoms with Crippen LogP contribution in [0.5, 0.6) is 0 Å². The largest absolute Gasteiger partial charge is 0.394 e. The van der Waals surface area contributed by atoms with Gasteiger partial charge < -0.3 is 15.5 Å². The first kappa shape index (κ1) is 55.1. The van der Waals surface area contributed by atoms with E-state index in [0.29, 0.717) is 6.42 Å². The highest BCUT2D eigenvalue weighted by Crippen LogP contribution is 2.17. The van der Waals surface area contributed by atoms with Crippen molar-refractivity contribution in [1.82, 2.24) is 5.32 Å². The molecule has 0 aliphatic heterocycles. The van der Waals surface area contributed by atoms with Gasteiger partial charge in [-0.25, -0.2) is 0 Å². The molecule has 0 saturated heterocycles. The first-order valence-electron chi connectivity index (χ1n) is 25.9. The summed E-state index contributed by atoms with van der Waals surface area (Å²) in [6.45, 7) is 4.34. The molecule has 0 aromatic heterocycles. The number of allylic oxidation sites excluding steroid dienone is 1. The van der Waals surface area contributed by atoms with E-state index in [1.807, 2.05) is 6.08 Å². The van der Waals surface area contributed by atoms with Gasteiger partial charge in [-0.1, -0.05) is 283 Å². The van der Waals surface area contributed by atoms with Gasteiger partial charge in [0.25, 0.3) is 0 Å². The Kier molecular flexibility index (Phi) is 47.7. The van der Waals surface area contributed by atoms with Crippen LogP contribution in [-0.4, -0.2) is 34.9 Å². The monoisotopic (exact) mass is 790 g/mol. The first-order valence-corrected chi connectivity index (χ1v) is 25.9. The molecule has 3 N–H and O–H groups in total.